The lowest BCUT2D eigenvalue weighted by Gasteiger charge is -2.58. The molecule has 2 atom stereocenters. The van der Waals surface area contributed by atoms with Gasteiger partial charge in [0.05, 0.1) is 24.0 Å². The predicted molar refractivity (Wildman–Crippen MR) is 115 cm³/mol. The minimum atomic E-state index is -0.497. The van der Waals surface area contributed by atoms with Crippen molar-refractivity contribution in [1.29, 1.82) is 0 Å². The van der Waals surface area contributed by atoms with E-state index in [0.717, 1.165) is 43.5 Å². The van der Waals surface area contributed by atoms with Gasteiger partial charge in [0, 0.05) is 24.0 Å². The number of primary amides is 1. The highest BCUT2D eigenvalue weighted by atomic mass is 16.5. The molecule has 4 saturated carbocycles. The third-order valence-corrected chi connectivity index (χ3v) is 7.09. The number of nitrogens with one attached hydrogen (secondary N) is 2. The first-order valence-electron chi connectivity index (χ1n) is 10.6. The summed E-state index contributed by atoms with van der Waals surface area (Å²) < 4.78 is 5.20. The molecule has 6 rings (SSSR count). The predicted octanol–water partition coefficient (Wildman–Crippen LogP) is 3.28. The molecule has 0 spiro atoms. The van der Waals surface area contributed by atoms with Crippen molar-refractivity contribution in [3.63, 3.8) is 0 Å². The molecule has 0 saturated heterocycles. The van der Waals surface area contributed by atoms with Crippen LogP contribution in [0, 0.1) is 17.8 Å². The van der Waals surface area contributed by atoms with Gasteiger partial charge in [-0.15, -0.1) is 0 Å². The van der Waals surface area contributed by atoms with Gasteiger partial charge < -0.3 is 26.2 Å². The molecule has 1 aromatic heterocycles. The molecule has 4 fully saturated rings. The maximum Gasteiger partial charge on any atom is 0.252 e. The smallest absolute Gasteiger partial charge is 0.252 e. The highest BCUT2D eigenvalue weighted by Crippen LogP contribution is 2.56. The van der Waals surface area contributed by atoms with Crippen molar-refractivity contribution in [3.8, 4) is 5.75 Å². The zero-order valence-electron chi connectivity index (χ0n) is 17.1. The lowest BCUT2D eigenvalue weighted by molar-refractivity contribution is -0.129. The quantitative estimate of drug-likeness (QED) is 0.584. The number of methoxy groups -OCH3 is 1. The first kappa shape index (κ1) is 19.2. The average Bonchev–Trinajstić information content (AvgIpc) is 2.70. The van der Waals surface area contributed by atoms with Crippen LogP contribution in [-0.4, -0.2) is 34.8 Å². The van der Waals surface area contributed by atoms with E-state index in [-0.39, 0.29) is 6.04 Å². The maximum absolute atomic E-state index is 12.0. The molecule has 7 nitrogen and oxygen atoms in total. The van der Waals surface area contributed by atoms with E-state index in [1.165, 1.54) is 6.20 Å². The van der Waals surface area contributed by atoms with E-state index >= 15 is 0 Å². The number of hydrogen-bond donors (Lipinski definition) is 4. The molecule has 30 heavy (non-hydrogen) atoms. The number of carbonyl (C=O) groups excluding carboxylic acids is 1. The van der Waals surface area contributed by atoms with E-state index in [1.54, 1.807) is 7.11 Å². The van der Waals surface area contributed by atoms with Crippen LogP contribution in [0.15, 0.2) is 36.5 Å². The number of anilines is 3. The van der Waals surface area contributed by atoms with Crippen molar-refractivity contribution in [2.45, 2.75) is 43.7 Å². The summed E-state index contributed by atoms with van der Waals surface area (Å²) in [5.74, 6) is 2.40. The number of benzene rings is 1. The zero-order valence-corrected chi connectivity index (χ0v) is 17.1. The van der Waals surface area contributed by atoms with Crippen LogP contribution in [0.5, 0.6) is 5.75 Å². The molecule has 5 N–H and O–H groups in total. The van der Waals surface area contributed by atoms with Crippen LogP contribution in [0.3, 0.4) is 0 Å². The number of aromatic nitrogens is 1. The van der Waals surface area contributed by atoms with E-state index in [4.69, 9.17) is 10.5 Å². The Morgan fingerprint density at radius 3 is 2.50 bits per heavy atom. The topological polar surface area (TPSA) is 109 Å². The van der Waals surface area contributed by atoms with Crippen LogP contribution in [0.2, 0.25) is 0 Å². The van der Waals surface area contributed by atoms with Crippen molar-refractivity contribution in [1.82, 2.24) is 4.98 Å². The summed E-state index contributed by atoms with van der Waals surface area (Å²) >= 11 is 0. The highest BCUT2D eigenvalue weighted by Gasteiger charge is 2.54. The Bertz CT molecular complexity index is 945. The molecule has 0 aliphatic heterocycles. The Kier molecular flexibility index (Phi) is 4.58. The van der Waals surface area contributed by atoms with Gasteiger partial charge in [0.25, 0.3) is 5.91 Å². The summed E-state index contributed by atoms with van der Waals surface area (Å²) in [6.45, 7) is 0. The average molecular weight is 409 g/mol. The van der Waals surface area contributed by atoms with Crippen molar-refractivity contribution >= 4 is 23.1 Å². The fraction of sp³-hybridized carbons (Fsp3) is 0.478. The van der Waals surface area contributed by atoms with Crippen LogP contribution < -0.4 is 21.1 Å². The molecule has 7 heteroatoms. The minimum Gasteiger partial charge on any atom is -0.497 e. The summed E-state index contributed by atoms with van der Waals surface area (Å²) in [6, 6.07) is 9.67. The van der Waals surface area contributed by atoms with E-state index in [1.807, 2.05) is 30.3 Å². The van der Waals surface area contributed by atoms with Gasteiger partial charge in [-0.3, -0.25) is 4.79 Å². The summed E-state index contributed by atoms with van der Waals surface area (Å²) in [5.41, 5.74) is 7.11. The third kappa shape index (κ3) is 3.47. The van der Waals surface area contributed by atoms with Crippen molar-refractivity contribution in [2.24, 2.45) is 23.5 Å². The van der Waals surface area contributed by atoms with Gasteiger partial charge in [-0.25, -0.2) is 4.98 Å². The molecule has 1 aromatic carbocycles. The van der Waals surface area contributed by atoms with Crippen molar-refractivity contribution < 1.29 is 14.6 Å². The number of amides is 1. The minimum absolute atomic E-state index is 0.246. The van der Waals surface area contributed by atoms with Crippen LogP contribution >= 0.6 is 0 Å². The number of nitrogens with zero attached hydrogens (tertiary/aromatic N) is 1. The Hall–Kier alpha value is -2.80. The Labute approximate surface area is 176 Å². The van der Waals surface area contributed by atoms with Gasteiger partial charge in [-0.1, -0.05) is 0 Å². The normalized spacial score (nSPS) is 31.4. The lowest BCUT2D eigenvalue weighted by atomic mass is 9.52. The molecule has 1 heterocycles. The SMILES string of the molecule is COc1ccc(Nc2cc(NC3C4CC5CC3CC(O)(C5)C4)c(C(N)=O)cn2)cc1. The van der Waals surface area contributed by atoms with Gasteiger partial charge in [-0.05, 0) is 74.1 Å². The first-order chi connectivity index (χ1) is 14.4. The summed E-state index contributed by atoms with van der Waals surface area (Å²) in [6.07, 6.45) is 6.44. The molecule has 4 aliphatic carbocycles. The highest BCUT2D eigenvalue weighted by molar-refractivity contribution is 5.98. The molecular weight excluding hydrogens is 380 g/mol. The number of rotatable bonds is 6. The fourth-order valence-corrected chi connectivity index (χ4v) is 6.06. The van der Waals surface area contributed by atoms with E-state index < -0.39 is 11.5 Å². The monoisotopic (exact) mass is 408 g/mol. The Morgan fingerprint density at radius 2 is 1.90 bits per heavy atom. The van der Waals surface area contributed by atoms with Crippen molar-refractivity contribution in [3.05, 3.63) is 42.1 Å². The second-order valence-corrected chi connectivity index (χ2v) is 9.20. The number of ether oxygens (including phenoxy) is 1. The molecule has 4 aliphatic rings. The molecule has 4 bridgehead atoms. The van der Waals surface area contributed by atoms with E-state index in [0.29, 0.717) is 34.8 Å². The number of aliphatic hydroxyl groups is 1. The fourth-order valence-electron chi connectivity index (χ4n) is 6.06. The van der Waals surface area contributed by atoms with E-state index in [9.17, 15) is 9.90 Å². The Morgan fingerprint density at radius 1 is 1.20 bits per heavy atom. The second-order valence-electron chi connectivity index (χ2n) is 9.20. The third-order valence-electron chi connectivity index (χ3n) is 7.09. The second kappa shape index (κ2) is 7.16. The maximum atomic E-state index is 12.0. The molecule has 158 valence electrons. The molecule has 2 unspecified atom stereocenters. The van der Waals surface area contributed by atoms with Crippen LogP contribution in [0.1, 0.15) is 42.5 Å². The lowest BCUT2D eigenvalue weighted by Crippen LogP contribution is -2.59. The zero-order chi connectivity index (χ0) is 20.9. The molecule has 2 aromatic rings. The number of nitrogens with two attached hydrogens (primary N) is 1. The van der Waals surface area contributed by atoms with E-state index in [2.05, 4.69) is 15.6 Å². The molecular formula is C23H28N4O3. The van der Waals surface area contributed by atoms with Gasteiger partial charge in [0.1, 0.15) is 11.6 Å². The van der Waals surface area contributed by atoms with Gasteiger partial charge >= 0.3 is 0 Å². The number of carbonyl (C=O) groups is 1. The van der Waals surface area contributed by atoms with Crippen molar-refractivity contribution in [2.75, 3.05) is 17.7 Å². The molecule has 0 radical (unpaired) electrons. The van der Waals surface area contributed by atoms with Crippen LogP contribution in [0.25, 0.3) is 0 Å². The Balaban J connectivity index is 1.39. The number of hydrogen-bond acceptors (Lipinski definition) is 6. The van der Waals surface area contributed by atoms with Gasteiger partial charge in [-0.2, -0.15) is 0 Å². The van der Waals surface area contributed by atoms with Crippen LogP contribution in [-0.2, 0) is 0 Å². The summed E-state index contributed by atoms with van der Waals surface area (Å²) in [5, 5.41) is 17.7. The first-order valence-corrected chi connectivity index (χ1v) is 10.6. The summed E-state index contributed by atoms with van der Waals surface area (Å²) in [7, 11) is 1.63. The molecule has 1 amide bonds. The number of pyridine rings is 1. The van der Waals surface area contributed by atoms with Crippen LogP contribution in [0.4, 0.5) is 17.2 Å². The standard InChI is InChI=1S/C23H28N4O3/c1-30-17-4-2-16(3-5-17)26-20-8-19(18(12-25-20)22(24)28)27-21-14-6-13-7-15(21)11-23(29,9-13)10-14/h2-5,8,12-15,21,29H,6-7,9-11H2,1H3,(H2,24,28)(H2,25,26,27). The van der Waals surface area contributed by atoms with Gasteiger partial charge in [0.15, 0.2) is 0 Å². The summed E-state index contributed by atoms with van der Waals surface area (Å²) in [4.78, 5) is 16.4. The van der Waals surface area contributed by atoms with Gasteiger partial charge in [0.2, 0.25) is 0 Å². The largest absolute Gasteiger partial charge is 0.497 e.